The smallest absolute Gasteiger partial charge is 0.315 e. The van der Waals surface area contributed by atoms with E-state index in [0.717, 1.165) is 45.7 Å². The molecule has 1 fully saturated rings. The van der Waals surface area contributed by atoms with Gasteiger partial charge < -0.3 is 20.5 Å². The molecule has 2 aromatic rings. The second kappa shape index (κ2) is 7.93. The topological polar surface area (TPSA) is 98.8 Å². The second-order valence-corrected chi connectivity index (χ2v) is 9.00. The summed E-state index contributed by atoms with van der Waals surface area (Å²) in [4.78, 5) is 20.5. The molecule has 1 unspecified atom stereocenters. The van der Waals surface area contributed by atoms with Crippen molar-refractivity contribution in [2.24, 2.45) is 16.6 Å². The summed E-state index contributed by atoms with van der Waals surface area (Å²) in [7, 11) is 0. The van der Waals surface area contributed by atoms with Crippen LogP contribution in [0.3, 0.4) is 0 Å². The van der Waals surface area contributed by atoms with Gasteiger partial charge in [0.05, 0.1) is 12.2 Å². The number of nitrogens with one attached hydrogen (secondary N) is 1. The monoisotopic (exact) mass is 462 g/mol. The number of hydrogen-bond acceptors (Lipinski definition) is 6. The van der Waals surface area contributed by atoms with E-state index >= 15 is 8.78 Å². The van der Waals surface area contributed by atoms with Crippen LogP contribution in [0.5, 0.6) is 5.88 Å². The third-order valence-corrected chi connectivity index (χ3v) is 5.97. The van der Waals surface area contributed by atoms with Crippen LogP contribution in [-0.4, -0.2) is 35.0 Å². The molecule has 1 aromatic carbocycles. The van der Waals surface area contributed by atoms with E-state index in [4.69, 9.17) is 15.2 Å². The second-order valence-electron chi connectivity index (χ2n) is 9.00. The van der Waals surface area contributed by atoms with Crippen LogP contribution in [0, 0.1) is 11.7 Å². The zero-order valence-electron chi connectivity index (χ0n) is 18.5. The molecule has 1 aliphatic carbocycles. The maximum Gasteiger partial charge on any atom is 0.315 e. The Labute approximate surface area is 189 Å². The minimum atomic E-state index is -3.62. The van der Waals surface area contributed by atoms with Crippen molar-refractivity contribution in [3.63, 3.8) is 0 Å². The van der Waals surface area contributed by atoms with E-state index in [1.807, 2.05) is 0 Å². The number of hydrogen-bond donors (Lipinski definition) is 2. The quantitative estimate of drug-likeness (QED) is 0.669. The van der Waals surface area contributed by atoms with Crippen LogP contribution in [-0.2, 0) is 10.3 Å². The molecule has 33 heavy (non-hydrogen) atoms. The highest BCUT2D eigenvalue weighted by Crippen LogP contribution is 2.51. The maximum atomic E-state index is 15.3. The molecule has 1 aliphatic heterocycles. The molecule has 1 saturated carbocycles. The first-order valence-electron chi connectivity index (χ1n) is 10.6. The fourth-order valence-electron chi connectivity index (χ4n) is 3.72. The summed E-state index contributed by atoms with van der Waals surface area (Å²) >= 11 is 0. The molecule has 1 amide bonds. The van der Waals surface area contributed by atoms with Gasteiger partial charge in [-0.2, -0.15) is 8.78 Å². The van der Waals surface area contributed by atoms with E-state index in [0.29, 0.717) is 18.4 Å². The molecule has 2 aliphatic rings. The normalized spacial score (nSPS) is 23.3. The van der Waals surface area contributed by atoms with Crippen molar-refractivity contribution < 1.29 is 27.4 Å². The fourth-order valence-corrected chi connectivity index (χ4v) is 3.72. The number of amides is 1. The summed E-state index contributed by atoms with van der Waals surface area (Å²) in [5, 5.41) is 2.58. The van der Waals surface area contributed by atoms with Crippen molar-refractivity contribution in [3.05, 3.63) is 53.5 Å². The number of ether oxygens (including phenoxy) is 2. The van der Waals surface area contributed by atoms with Crippen LogP contribution in [0.2, 0.25) is 0 Å². The number of halogens is 3. The van der Waals surface area contributed by atoms with Crippen LogP contribution in [0.1, 0.15) is 49.5 Å². The van der Waals surface area contributed by atoms with Gasteiger partial charge in [0.25, 0.3) is 11.9 Å². The minimum Gasteiger partial charge on any atom is -0.477 e. The molecular weight excluding hydrogens is 437 g/mol. The molecule has 0 saturated heterocycles. The van der Waals surface area contributed by atoms with Crippen molar-refractivity contribution in [2.75, 3.05) is 11.9 Å². The van der Waals surface area contributed by atoms with Gasteiger partial charge in [0.1, 0.15) is 5.82 Å². The summed E-state index contributed by atoms with van der Waals surface area (Å²) in [6.07, 6.45) is 3.64. The van der Waals surface area contributed by atoms with E-state index in [1.165, 1.54) is 18.3 Å². The predicted octanol–water partition coefficient (Wildman–Crippen LogP) is 4.24. The van der Waals surface area contributed by atoms with E-state index in [2.05, 4.69) is 15.3 Å². The van der Waals surface area contributed by atoms with Gasteiger partial charge in [0.15, 0.2) is 11.1 Å². The predicted molar refractivity (Wildman–Crippen MR) is 116 cm³/mol. The van der Waals surface area contributed by atoms with Crippen molar-refractivity contribution in [3.8, 4) is 5.88 Å². The SMILES string of the molecule is CC1(C)OC(N)=NC(C)(c2cc(NC(=O)c3ccc(OCC4CC4)nc3)ccc2F)C1(F)F. The number of rotatable bonds is 6. The molecule has 4 rings (SSSR count). The van der Waals surface area contributed by atoms with Crippen LogP contribution in [0.15, 0.2) is 41.5 Å². The molecule has 0 bridgehead atoms. The highest BCUT2D eigenvalue weighted by Gasteiger charge is 2.66. The summed E-state index contributed by atoms with van der Waals surface area (Å²) in [5.41, 5.74) is 1.15. The lowest BCUT2D eigenvalue weighted by Gasteiger charge is -2.46. The van der Waals surface area contributed by atoms with Gasteiger partial charge in [0, 0.05) is 23.5 Å². The molecule has 3 N–H and O–H groups in total. The number of alkyl halides is 2. The van der Waals surface area contributed by atoms with Crippen molar-refractivity contribution >= 4 is 17.6 Å². The molecule has 0 spiro atoms. The summed E-state index contributed by atoms with van der Waals surface area (Å²) in [6, 6.07) is 6.04. The van der Waals surface area contributed by atoms with Gasteiger partial charge in [-0.1, -0.05) is 0 Å². The number of benzene rings is 1. The average Bonchev–Trinajstić information content (AvgIpc) is 3.57. The number of carbonyl (C=O) groups is 1. The lowest BCUT2D eigenvalue weighted by molar-refractivity contribution is -0.207. The Hall–Kier alpha value is -3.30. The van der Waals surface area contributed by atoms with E-state index in [1.54, 1.807) is 6.07 Å². The Balaban J connectivity index is 1.57. The summed E-state index contributed by atoms with van der Waals surface area (Å²) in [5.74, 6) is -4.09. The number of aromatic nitrogens is 1. The highest BCUT2D eigenvalue weighted by atomic mass is 19.3. The third kappa shape index (κ3) is 4.21. The van der Waals surface area contributed by atoms with Crippen LogP contribution < -0.4 is 15.8 Å². The van der Waals surface area contributed by atoms with Gasteiger partial charge in [-0.3, -0.25) is 4.79 Å². The molecule has 2 heterocycles. The standard InChI is InChI=1S/C23H25F3N4O3/c1-21(2)23(25,26)22(3,30-20(27)33-21)16-10-15(7-8-17(16)24)29-19(31)14-6-9-18(28-11-14)32-12-13-4-5-13/h6-11,13H,4-5,12H2,1-3H3,(H2,27,30)(H,29,31). The minimum absolute atomic E-state index is 0.112. The van der Waals surface area contributed by atoms with Gasteiger partial charge >= 0.3 is 5.92 Å². The number of amidine groups is 1. The number of nitrogens with two attached hydrogens (primary N) is 1. The van der Waals surface area contributed by atoms with Gasteiger partial charge in [0.2, 0.25) is 5.88 Å². The Kier molecular flexibility index (Phi) is 5.50. The van der Waals surface area contributed by atoms with Crippen molar-refractivity contribution in [2.45, 2.75) is 50.7 Å². The van der Waals surface area contributed by atoms with E-state index in [-0.39, 0.29) is 11.3 Å². The average molecular weight is 462 g/mol. The zero-order valence-corrected chi connectivity index (χ0v) is 18.5. The van der Waals surface area contributed by atoms with Crippen molar-refractivity contribution in [1.82, 2.24) is 4.98 Å². The fraction of sp³-hybridized carbons (Fsp3) is 0.435. The number of carbonyl (C=O) groups excluding carboxylic acids is 1. The van der Waals surface area contributed by atoms with Gasteiger partial charge in [-0.05, 0) is 63.8 Å². The molecule has 176 valence electrons. The van der Waals surface area contributed by atoms with Crippen LogP contribution >= 0.6 is 0 Å². The maximum absolute atomic E-state index is 15.3. The largest absolute Gasteiger partial charge is 0.477 e. The number of pyridine rings is 1. The number of aliphatic imine (C=N–C) groups is 1. The molecule has 10 heteroatoms. The lowest BCUT2D eigenvalue weighted by atomic mass is 9.77. The van der Waals surface area contributed by atoms with E-state index in [9.17, 15) is 9.18 Å². The first kappa shape index (κ1) is 22.9. The summed E-state index contributed by atoms with van der Waals surface area (Å²) in [6.45, 7) is 3.98. The third-order valence-electron chi connectivity index (χ3n) is 5.97. The Morgan fingerprint density at radius 3 is 2.61 bits per heavy atom. The first-order chi connectivity index (χ1) is 15.4. The lowest BCUT2D eigenvalue weighted by Crippen LogP contribution is -2.62. The van der Waals surface area contributed by atoms with Gasteiger partial charge in [-0.25, -0.2) is 14.4 Å². The first-order valence-corrected chi connectivity index (χ1v) is 10.6. The molecule has 7 nitrogen and oxygen atoms in total. The zero-order chi connectivity index (χ0) is 24.0. The summed E-state index contributed by atoms with van der Waals surface area (Å²) < 4.78 is 55.9. The molecule has 0 radical (unpaired) electrons. The van der Waals surface area contributed by atoms with Crippen molar-refractivity contribution in [1.29, 1.82) is 0 Å². The van der Waals surface area contributed by atoms with Crippen LogP contribution in [0.4, 0.5) is 18.9 Å². The highest BCUT2D eigenvalue weighted by molar-refractivity contribution is 6.04. The van der Waals surface area contributed by atoms with Crippen LogP contribution in [0.25, 0.3) is 0 Å². The molecular formula is C23H25F3N4O3. The Morgan fingerprint density at radius 2 is 1.97 bits per heavy atom. The Morgan fingerprint density at radius 1 is 1.24 bits per heavy atom. The number of anilines is 1. The van der Waals surface area contributed by atoms with E-state index < -0.39 is 40.4 Å². The molecule has 1 atom stereocenters. The van der Waals surface area contributed by atoms with Gasteiger partial charge in [-0.15, -0.1) is 0 Å². The number of nitrogens with zero attached hydrogens (tertiary/aromatic N) is 2. The Bertz CT molecular complexity index is 1100. The molecule has 1 aromatic heterocycles.